The normalized spacial score (nSPS) is 25.3. The van der Waals surface area contributed by atoms with E-state index in [1.165, 1.54) is 0 Å². The van der Waals surface area contributed by atoms with Gasteiger partial charge in [-0.15, -0.1) is 6.58 Å². The molecule has 2 aliphatic carbocycles. The highest BCUT2D eigenvalue weighted by Crippen LogP contribution is 2.45. The van der Waals surface area contributed by atoms with Crippen molar-refractivity contribution in [1.29, 1.82) is 0 Å². The summed E-state index contributed by atoms with van der Waals surface area (Å²) in [5, 5.41) is 6.29. The topological polar surface area (TPSA) is 136 Å². The van der Waals surface area contributed by atoms with Gasteiger partial charge in [0.2, 0.25) is 15.9 Å². The van der Waals surface area contributed by atoms with Crippen molar-refractivity contribution in [3.05, 3.63) is 67.3 Å². The fourth-order valence-corrected chi connectivity index (χ4v) is 6.72. The summed E-state index contributed by atoms with van der Waals surface area (Å²) >= 11 is 0. The molecule has 2 amide bonds. The van der Waals surface area contributed by atoms with Crippen molar-refractivity contribution in [2.45, 2.75) is 48.6 Å². The highest BCUT2D eigenvalue weighted by molar-refractivity contribution is 7.91. The fraction of sp³-hybridized carbons (Fsp3) is 0.367. The van der Waals surface area contributed by atoms with Crippen LogP contribution >= 0.6 is 0 Å². The highest BCUT2D eigenvalue weighted by atomic mass is 32.2. The van der Waals surface area contributed by atoms with Crippen LogP contribution in [-0.2, 0) is 19.6 Å². The monoisotopic (exact) mass is 576 g/mol. The lowest BCUT2D eigenvalue weighted by Gasteiger charge is -2.21. The molecule has 3 N–H and O–H groups in total. The molecule has 0 bridgehead atoms. The molecular formula is C30H32N4O6S. The smallest absolute Gasteiger partial charge is 0.259 e. The Hall–Kier alpha value is -3.96. The lowest BCUT2D eigenvalue weighted by Crippen LogP contribution is -2.55. The first-order chi connectivity index (χ1) is 19.7. The van der Waals surface area contributed by atoms with Crippen molar-refractivity contribution >= 4 is 32.7 Å². The van der Waals surface area contributed by atoms with Gasteiger partial charge in [0, 0.05) is 42.0 Å². The van der Waals surface area contributed by atoms with Crippen LogP contribution in [0.1, 0.15) is 25.7 Å². The lowest BCUT2D eigenvalue weighted by atomic mass is 10.1. The van der Waals surface area contributed by atoms with Gasteiger partial charge in [0.15, 0.2) is 0 Å². The van der Waals surface area contributed by atoms with E-state index >= 15 is 0 Å². The molecule has 10 nitrogen and oxygen atoms in total. The van der Waals surface area contributed by atoms with Gasteiger partial charge < -0.3 is 20.1 Å². The van der Waals surface area contributed by atoms with Gasteiger partial charge >= 0.3 is 0 Å². The lowest BCUT2D eigenvalue weighted by molar-refractivity contribution is -0.130. The van der Waals surface area contributed by atoms with E-state index in [0.717, 1.165) is 22.2 Å². The van der Waals surface area contributed by atoms with Crippen molar-refractivity contribution in [1.82, 2.24) is 20.3 Å². The molecule has 4 atom stereocenters. The third-order valence-electron chi connectivity index (χ3n) is 8.00. The number of rotatable bonds is 10. The molecule has 11 heteroatoms. The zero-order valence-electron chi connectivity index (χ0n) is 22.6. The molecule has 1 aliphatic heterocycles. The number of methoxy groups -OCH3 is 1. The molecule has 2 aromatic carbocycles. The van der Waals surface area contributed by atoms with Gasteiger partial charge in [-0.3, -0.25) is 14.3 Å². The zero-order chi connectivity index (χ0) is 28.8. The predicted molar refractivity (Wildman–Crippen MR) is 154 cm³/mol. The molecule has 3 aliphatic rings. The molecule has 3 aromatic rings. The van der Waals surface area contributed by atoms with E-state index in [0.29, 0.717) is 43.7 Å². The molecule has 1 aromatic heterocycles. The molecule has 2 saturated carbocycles. The Morgan fingerprint density at radius 3 is 2.61 bits per heavy atom. The summed E-state index contributed by atoms with van der Waals surface area (Å²) in [6.45, 7) is 4.16. The second-order valence-corrected chi connectivity index (χ2v) is 12.8. The van der Waals surface area contributed by atoms with Crippen LogP contribution in [0.4, 0.5) is 0 Å². The average molecular weight is 577 g/mol. The number of carbonyl (C=O) groups is 2. The van der Waals surface area contributed by atoms with Gasteiger partial charge in [0.1, 0.15) is 23.1 Å². The maximum Gasteiger partial charge on any atom is 0.259 e. The summed E-state index contributed by atoms with van der Waals surface area (Å²) in [6, 6.07) is 16.7. The highest BCUT2D eigenvalue weighted by Gasteiger charge is 2.61. The fourth-order valence-electron chi connectivity index (χ4n) is 5.35. The van der Waals surface area contributed by atoms with Gasteiger partial charge in [-0.05, 0) is 31.4 Å². The third-order valence-corrected chi connectivity index (χ3v) is 9.82. The Morgan fingerprint density at radius 1 is 1.15 bits per heavy atom. The van der Waals surface area contributed by atoms with Crippen LogP contribution < -0.4 is 24.8 Å². The minimum atomic E-state index is -3.74. The number of hydrogen-bond acceptors (Lipinski definition) is 8. The van der Waals surface area contributed by atoms with Crippen LogP contribution in [0.15, 0.2) is 67.3 Å². The first kappa shape index (κ1) is 27.2. The minimum Gasteiger partial charge on any atom is -0.497 e. The maximum atomic E-state index is 13.3. The van der Waals surface area contributed by atoms with Crippen LogP contribution in [0.25, 0.3) is 22.2 Å². The largest absolute Gasteiger partial charge is 0.497 e. The van der Waals surface area contributed by atoms with Crippen molar-refractivity contribution in [2.75, 3.05) is 13.7 Å². The number of ether oxygens (including phenoxy) is 2. The van der Waals surface area contributed by atoms with Gasteiger partial charge in [-0.2, -0.15) is 0 Å². The first-order valence-corrected chi connectivity index (χ1v) is 15.2. The van der Waals surface area contributed by atoms with Crippen LogP contribution in [0, 0.1) is 5.92 Å². The Labute approximate surface area is 238 Å². The van der Waals surface area contributed by atoms with E-state index in [4.69, 9.17) is 14.5 Å². The Morgan fingerprint density at radius 2 is 1.93 bits per heavy atom. The molecule has 3 fully saturated rings. The van der Waals surface area contributed by atoms with Crippen molar-refractivity contribution in [3.8, 4) is 22.8 Å². The number of benzene rings is 2. The van der Waals surface area contributed by atoms with E-state index in [2.05, 4.69) is 21.9 Å². The van der Waals surface area contributed by atoms with Gasteiger partial charge in [-0.25, -0.2) is 13.4 Å². The summed E-state index contributed by atoms with van der Waals surface area (Å²) in [4.78, 5) is 31.1. The van der Waals surface area contributed by atoms with Crippen LogP contribution in [0.3, 0.4) is 0 Å². The van der Waals surface area contributed by atoms with Gasteiger partial charge in [-0.1, -0.05) is 36.4 Å². The number of nitrogens with one attached hydrogen (secondary N) is 3. The number of aromatic nitrogens is 1. The number of amides is 2. The summed E-state index contributed by atoms with van der Waals surface area (Å²) < 4.78 is 38.7. The van der Waals surface area contributed by atoms with Gasteiger partial charge in [0.05, 0.1) is 29.6 Å². The molecular weight excluding hydrogens is 544 g/mol. The summed E-state index contributed by atoms with van der Waals surface area (Å²) in [7, 11) is -2.13. The van der Waals surface area contributed by atoms with Crippen LogP contribution in [-0.4, -0.2) is 61.8 Å². The molecule has 2 heterocycles. The summed E-state index contributed by atoms with van der Waals surface area (Å²) in [5.41, 5.74) is 1.10. The third kappa shape index (κ3) is 5.39. The maximum absolute atomic E-state index is 13.3. The molecule has 41 heavy (non-hydrogen) atoms. The van der Waals surface area contributed by atoms with Crippen LogP contribution in [0.5, 0.6) is 11.5 Å². The van der Waals surface area contributed by atoms with Crippen molar-refractivity contribution in [2.24, 2.45) is 5.92 Å². The quantitative estimate of drug-likeness (QED) is 0.314. The number of fused-ring (bicyclic) bond motifs is 1. The summed E-state index contributed by atoms with van der Waals surface area (Å²) in [5.74, 6) is -0.110. The van der Waals surface area contributed by atoms with Crippen molar-refractivity contribution < 1.29 is 27.5 Å². The number of carbonyl (C=O) groups excluding carboxylic acids is 2. The predicted octanol–water partition coefficient (Wildman–Crippen LogP) is 2.69. The second kappa shape index (κ2) is 10.5. The molecule has 6 rings (SSSR count). The standard InChI is InChI=1S/C30H32N4O6S/c1-3-19-16-30(19,29(36)34-41(37,38)22-10-11-22)33-28(35)26-14-21(17-31-26)40-27-15-24(18-7-5-4-6-8-18)32-25-13-20(39-2)9-12-23(25)27/h3-9,12-13,15,19,21-22,26,31H,1,10-11,14,16-17H2,2H3,(H,33,35)(H,34,36)/t19?,21-,26+,30?/m1/s1. The number of hydrogen-bond donors (Lipinski definition) is 3. The molecule has 0 spiro atoms. The van der Waals surface area contributed by atoms with Crippen molar-refractivity contribution in [3.63, 3.8) is 0 Å². The van der Waals surface area contributed by atoms with E-state index in [-0.39, 0.29) is 17.9 Å². The van der Waals surface area contributed by atoms with E-state index in [1.807, 2.05) is 54.6 Å². The Balaban J connectivity index is 1.17. The molecule has 1 saturated heterocycles. The Bertz CT molecular complexity index is 1620. The van der Waals surface area contributed by atoms with Gasteiger partial charge in [0.25, 0.3) is 5.91 Å². The zero-order valence-corrected chi connectivity index (χ0v) is 23.4. The average Bonchev–Trinajstić information content (AvgIpc) is 3.90. The van der Waals surface area contributed by atoms with E-state index in [9.17, 15) is 18.0 Å². The number of sulfonamides is 1. The van der Waals surface area contributed by atoms with Crippen LogP contribution in [0.2, 0.25) is 0 Å². The first-order valence-electron chi connectivity index (χ1n) is 13.7. The SMILES string of the molecule is C=CC1CC1(NC(=O)[C@@H]1C[C@@H](Oc2cc(-c3ccccc3)nc3cc(OC)ccc23)CN1)C(=O)NS(=O)(=O)C1CC1. The molecule has 214 valence electrons. The second-order valence-electron chi connectivity index (χ2n) is 10.9. The Kier molecular flexibility index (Phi) is 6.95. The molecule has 0 radical (unpaired) electrons. The minimum absolute atomic E-state index is 0.301. The summed E-state index contributed by atoms with van der Waals surface area (Å²) in [6.07, 6.45) is 2.99. The number of nitrogens with zero attached hydrogens (tertiary/aromatic N) is 1. The molecule has 2 unspecified atom stereocenters. The van der Waals surface area contributed by atoms with E-state index < -0.39 is 32.8 Å². The van der Waals surface area contributed by atoms with E-state index in [1.54, 1.807) is 13.2 Å². The number of pyridine rings is 1.